The SMILES string of the molecule is Cc1c[c-]c(-c2ccc(CCc3cc(CCc4ccc(-c5[c-]cc(C)nc5C)nc4)cc(-c4ccccc4-c4cnc(-c5[c-]c(-c6ccccc6)ccc5)cc4-c4ccc(-c5ccccc5)cc4)c3)cn2)c(C)n1.[Ir+3]. The largest absolute Gasteiger partial charge is 3.00 e. The van der Waals surface area contributed by atoms with Crippen LogP contribution in [0.2, 0.25) is 0 Å². The van der Waals surface area contributed by atoms with Crippen LogP contribution in [0, 0.1) is 45.9 Å². The van der Waals surface area contributed by atoms with E-state index in [1.165, 1.54) is 38.9 Å². The molecule has 0 N–H and O–H groups in total. The van der Waals surface area contributed by atoms with Crippen molar-refractivity contribution >= 4 is 0 Å². The van der Waals surface area contributed by atoms with Crippen molar-refractivity contribution in [1.29, 1.82) is 0 Å². The van der Waals surface area contributed by atoms with Gasteiger partial charge in [-0.25, -0.2) is 0 Å². The van der Waals surface area contributed by atoms with Crippen LogP contribution in [0.1, 0.15) is 45.0 Å². The van der Waals surface area contributed by atoms with Crippen molar-refractivity contribution in [2.75, 3.05) is 0 Å². The molecule has 5 aromatic heterocycles. The number of pyridine rings is 5. The van der Waals surface area contributed by atoms with Gasteiger partial charge in [-0.1, -0.05) is 197 Å². The first-order chi connectivity index (χ1) is 36.3. The maximum absolute atomic E-state index is 5.22. The minimum absolute atomic E-state index is 0. The van der Waals surface area contributed by atoms with E-state index < -0.39 is 0 Å². The van der Waals surface area contributed by atoms with E-state index in [1.54, 1.807) is 0 Å². The zero-order valence-electron chi connectivity index (χ0n) is 42.5. The molecule has 0 spiro atoms. The van der Waals surface area contributed by atoms with Gasteiger partial charge in [0.2, 0.25) is 0 Å². The van der Waals surface area contributed by atoms with Crippen molar-refractivity contribution in [3.63, 3.8) is 0 Å². The number of benzene rings is 6. The molecule has 0 bridgehead atoms. The third kappa shape index (κ3) is 11.6. The number of hydrogen-bond acceptors (Lipinski definition) is 5. The number of nitrogens with zero attached hydrogens (tertiary/aromatic N) is 5. The van der Waals surface area contributed by atoms with Crippen LogP contribution >= 0.6 is 0 Å². The van der Waals surface area contributed by atoms with Crippen molar-refractivity contribution < 1.29 is 20.1 Å². The molecule has 5 heterocycles. The van der Waals surface area contributed by atoms with Gasteiger partial charge in [-0.3, -0.25) is 4.98 Å². The Hall–Kier alpha value is -8.28. The van der Waals surface area contributed by atoms with Gasteiger partial charge in [0.15, 0.2) is 0 Å². The Morgan fingerprint density at radius 3 is 1.40 bits per heavy atom. The Labute approximate surface area is 454 Å². The molecule has 6 heteroatoms. The van der Waals surface area contributed by atoms with Gasteiger partial charge in [-0.2, -0.15) is 0 Å². The summed E-state index contributed by atoms with van der Waals surface area (Å²) in [6.07, 6.45) is 9.47. The summed E-state index contributed by atoms with van der Waals surface area (Å²) in [4.78, 5) is 24.3. The van der Waals surface area contributed by atoms with Crippen LogP contribution in [0.5, 0.6) is 0 Å². The van der Waals surface area contributed by atoms with Crippen molar-refractivity contribution in [3.05, 3.63) is 270 Å². The van der Waals surface area contributed by atoms with E-state index in [0.29, 0.717) is 0 Å². The zero-order valence-corrected chi connectivity index (χ0v) is 44.9. The summed E-state index contributed by atoms with van der Waals surface area (Å²) in [5.41, 5.74) is 25.4. The van der Waals surface area contributed by atoms with Crippen LogP contribution in [0.15, 0.2) is 207 Å². The van der Waals surface area contributed by atoms with Gasteiger partial charge in [0, 0.05) is 29.8 Å². The minimum atomic E-state index is 0. The Balaban J connectivity index is 0.00000641. The average molecular weight is 1150 g/mol. The predicted molar refractivity (Wildman–Crippen MR) is 302 cm³/mol. The summed E-state index contributed by atoms with van der Waals surface area (Å²) in [5.74, 6) is 0. The fourth-order valence-corrected chi connectivity index (χ4v) is 9.91. The molecule has 0 aliphatic carbocycles. The Morgan fingerprint density at radius 2 is 0.840 bits per heavy atom. The van der Waals surface area contributed by atoms with Gasteiger partial charge in [0.25, 0.3) is 0 Å². The quantitative estimate of drug-likeness (QED) is 0.102. The van der Waals surface area contributed by atoms with E-state index in [-0.39, 0.29) is 20.1 Å². The third-order valence-corrected chi connectivity index (χ3v) is 13.8. The molecule has 5 nitrogen and oxygen atoms in total. The zero-order chi connectivity index (χ0) is 50.4. The molecule has 0 radical (unpaired) electrons. The maximum Gasteiger partial charge on any atom is 3.00 e. The van der Waals surface area contributed by atoms with E-state index in [4.69, 9.17) is 15.0 Å². The first-order valence-corrected chi connectivity index (χ1v) is 25.4. The molecule has 0 aliphatic rings. The molecule has 6 aromatic carbocycles. The van der Waals surface area contributed by atoms with Crippen LogP contribution in [0.3, 0.4) is 0 Å². The van der Waals surface area contributed by atoms with Crippen molar-refractivity contribution in [1.82, 2.24) is 24.9 Å². The van der Waals surface area contributed by atoms with E-state index >= 15 is 0 Å². The summed E-state index contributed by atoms with van der Waals surface area (Å²) in [6.45, 7) is 8.02. The summed E-state index contributed by atoms with van der Waals surface area (Å²) in [7, 11) is 0. The fraction of sp³-hybridized carbons (Fsp3) is 0.116. The standard InChI is InChI=1S/C69H54N5.Ir/c1-46-22-34-61(48(3)73-46)67-36-28-50(43-70-67)24-26-52-38-53(27-25-51-29-37-68(71-44-51)62-35-23-47(2)74-49(62)4)40-60(39-52)63-20-11-12-21-64(63)66-45-72-69(59-19-13-18-58(41-59)55-16-9-6-10-17-55)42-65(66)57-32-30-56(31-33-57)54-14-7-5-8-15-54;/h5-23,28-33,36-40,42-45H,24-27H2,1-4H3;/q-3;+3. The molecule has 0 saturated heterocycles. The van der Waals surface area contributed by atoms with Crippen molar-refractivity contribution in [3.8, 4) is 89.4 Å². The second kappa shape index (κ2) is 22.9. The van der Waals surface area contributed by atoms with Crippen molar-refractivity contribution in [2.24, 2.45) is 0 Å². The Morgan fingerprint density at radius 1 is 0.347 bits per heavy atom. The fourth-order valence-electron chi connectivity index (χ4n) is 9.91. The topological polar surface area (TPSA) is 64.5 Å². The number of hydrogen-bond donors (Lipinski definition) is 0. The molecule has 11 rings (SSSR count). The normalized spacial score (nSPS) is 11.0. The summed E-state index contributed by atoms with van der Waals surface area (Å²) < 4.78 is 0. The minimum Gasteiger partial charge on any atom is -0.354 e. The van der Waals surface area contributed by atoms with Gasteiger partial charge in [0.1, 0.15) is 0 Å². The summed E-state index contributed by atoms with van der Waals surface area (Å²) in [5, 5.41) is 0. The van der Waals surface area contributed by atoms with Gasteiger partial charge in [0.05, 0.1) is 0 Å². The van der Waals surface area contributed by atoms with E-state index in [2.05, 4.69) is 204 Å². The molecule has 0 atom stereocenters. The molecule has 0 amide bonds. The smallest absolute Gasteiger partial charge is 0.354 e. The number of aryl methyl sites for hydroxylation is 8. The predicted octanol–water partition coefficient (Wildman–Crippen LogP) is 16.2. The second-order valence-corrected chi connectivity index (χ2v) is 19.1. The van der Waals surface area contributed by atoms with Crippen LogP contribution in [-0.4, -0.2) is 24.9 Å². The third-order valence-electron chi connectivity index (χ3n) is 13.8. The van der Waals surface area contributed by atoms with E-state index in [9.17, 15) is 0 Å². The molecule has 0 unspecified atom stereocenters. The van der Waals surface area contributed by atoms with Crippen LogP contribution < -0.4 is 0 Å². The summed E-state index contributed by atoms with van der Waals surface area (Å²) in [6, 6.07) is 77.3. The Bertz CT molecular complexity index is 3620. The second-order valence-electron chi connectivity index (χ2n) is 19.1. The first-order valence-electron chi connectivity index (χ1n) is 25.4. The molecule has 0 fully saturated rings. The molecular weight excluding hydrogens is 1090 g/mol. The summed E-state index contributed by atoms with van der Waals surface area (Å²) >= 11 is 0. The van der Waals surface area contributed by atoms with Gasteiger partial charge in [-0.05, 0) is 121 Å². The van der Waals surface area contributed by atoms with Crippen LogP contribution in [0.25, 0.3) is 89.4 Å². The van der Waals surface area contributed by atoms with E-state index in [1.807, 2.05) is 58.3 Å². The van der Waals surface area contributed by atoms with Gasteiger partial charge in [-0.15, -0.1) is 65.2 Å². The molecular formula is C69H54IrN5. The van der Waals surface area contributed by atoms with Crippen molar-refractivity contribution in [2.45, 2.75) is 53.4 Å². The molecule has 75 heavy (non-hydrogen) atoms. The number of aromatic nitrogens is 5. The molecule has 0 aliphatic heterocycles. The van der Waals surface area contributed by atoms with Crippen LogP contribution in [0.4, 0.5) is 0 Å². The molecule has 364 valence electrons. The molecule has 11 aromatic rings. The van der Waals surface area contributed by atoms with Gasteiger partial charge < -0.3 is 19.9 Å². The first kappa shape index (κ1) is 50.3. The average Bonchev–Trinajstić information content (AvgIpc) is 3.45. The number of rotatable bonds is 14. The van der Waals surface area contributed by atoms with E-state index in [0.717, 1.165) is 121 Å². The Kier molecular flexibility index (Phi) is 15.3. The van der Waals surface area contributed by atoms with Crippen LogP contribution in [-0.2, 0) is 45.8 Å². The monoisotopic (exact) mass is 1150 g/mol. The maximum atomic E-state index is 5.22. The molecule has 0 saturated carbocycles. The van der Waals surface area contributed by atoms with Gasteiger partial charge >= 0.3 is 20.1 Å².